The van der Waals surface area contributed by atoms with Crippen molar-refractivity contribution >= 4 is 38.9 Å². The van der Waals surface area contributed by atoms with E-state index in [2.05, 4.69) is 21.7 Å². The maximum absolute atomic E-state index is 13.1. The van der Waals surface area contributed by atoms with Gasteiger partial charge in [0.15, 0.2) is 5.75 Å². The zero-order valence-electron chi connectivity index (χ0n) is 18.1. The van der Waals surface area contributed by atoms with Crippen LogP contribution < -0.4 is 10.1 Å². The van der Waals surface area contributed by atoms with E-state index < -0.39 is 0 Å². The summed E-state index contributed by atoms with van der Waals surface area (Å²) in [6, 6.07) is 7.31. The molecular weight excluding hydrogens is 426 g/mol. The molecule has 8 nitrogen and oxygen atoms in total. The van der Waals surface area contributed by atoms with Crippen LogP contribution >= 0.6 is 11.5 Å². The van der Waals surface area contributed by atoms with Gasteiger partial charge in [-0.2, -0.15) is 9.47 Å². The van der Waals surface area contributed by atoms with E-state index in [0.29, 0.717) is 28.7 Å². The van der Waals surface area contributed by atoms with Gasteiger partial charge in [-0.25, -0.2) is 4.52 Å². The second-order valence-corrected chi connectivity index (χ2v) is 8.98. The predicted molar refractivity (Wildman–Crippen MR) is 123 cm³/mol. The van der Waals surface area contributed by atoms with E-state index in [1.807, 2.05) is 30.0 Å². The number of ether oxygens (including phenoxy) is 1. The minimum absolute atomic E-state index is 0.0381. The molecule has 1 aliphatic heterocycles. The summed E-state index contributed by atoms with van der Waals surface area (Å²) >= 11 is 1.25. The highest BCUT2D eigenvalue weighted by molar-refractivity contribution is 7.13. The molecule has 4 heterocycles. The summed E-state index contributed by atoms with van der Waals surface area (Å²) in [6.45, 7) is 5.67. The van der Waals surface area contributed by atoms with Gasteiger partial charge in [0, 0.05) is 43.9 Å². The molecule has 1 aromatic carbocycles. The molecule has 0 saturated carbocycles. The lowest BCUT2D eigenvalue weighted by Crippen LogP contribution is -2.28. The van der Waals surface area contributed by atoms with Crippen molar-refractivity contribution in [2.45, 2.75) is 20.3 Å². The highest BCUT2D eigenvalue weighted by Crippen LogP contribution is 2.34. The molecule has 0 radical (unpaired) electrons. The quantitative estimate of drug-likeness (QED) is 0.511. The van der Waals surface area contributed by atoms with E-state index >= 15 is 0 Å². The first kappa shape index (κ1) is 20.4. The molecule has 1 fully saturated rings. The number of carbonyl (C=O) groups is 2. The van der Waals surface area contributed by atoms with Gasteiger partial charge in [0.2, 0.25) is 0 Å². The number of nitrogens with zero attached hydrogens (tertiary/aromatic N) is 4. The largest absolute Gasteiger partial charge is 0.455 e. The van der Waals surface area contributed by atoms with E-state index in [1.165, 1.54) is 11.5 Å². The van der Waals surface area contributed by atoms with Gasteiger partial charge in [0.05, 0.1) is 16.5 Å². The van der Waals surface area contributed by atoms with Crippen LogP contribution in [0.4, 0.5) is 0 Å². The smallest absolute Gasteiger partial charge is 0.271 e. The molecule has 4 aromatic rings. The van der Waals surface area contributed by atoms with Gasteiger partial charge in [-0.3, -0.25) is 9.59 Å². The molecule has 9 heteroatoms. The number of hydrogen-bond donors (Lipinski definition) is 1. The molecule has 32 heavy (non-hydrogen) atoms. The van der Waals surface area contributed by atoms with Crippen molar-refractivity contribution in [3.05, 3.63) is 53.5 Å². The minimum atomic E-state index is -0.214. The fourth-order valence-electron chi connectivity index (χ4n) is 4.20. The summed E-state index contributed by atoms with van der Waals surface area (Å²) < 4.78 is 13.0. The molecule has 1 aliphatic rings. The fraction of sp³-hybridized carbons (Fsp3) is 0.304. The predicted octanol–water partition coefficient (Wildman–Crippen LogP) is 3.89. The van der Waals surface area contributed by atoms with Crippen molar-refractivity contribution in [3.63, 3.8) is 0 Å². The number of hydrogen-bond acceptors (Lipinski definition) is 6. The summed E-state index contributed by atoms with van der Waals surface area (Å²) in [5.41, 5.74) is 2.67. The number of aromatic nitrogens is 3. The van der Waals surface area contributed by atoms with Crippen LogP contribution in [0.1, 0.15) is 39.8 Å². The van der Waals surface area contributed by atoms with E-state index in [0.717, 1.165) is 40.7 Å². The highest BCUT2D eigenvalue weighted by Gasteiger charge is 2.27. The van der Waals surface area contributed by atoms with Crippen LogP contribution in [0.2, 0.25) is 0 Å². The first-order chi connectivity index (χ1) is 15.5. The van der Waals surface area contributed by atoms with Crippen LogP contribution in [0.15, 0.2) is 36.7 Å². The number of benzene rings is 1. The lowest BCUT2D eigenvalue weighted by atomic mass is 10.1. The van der Waals surface area contributed by atoms with Crippen molar-refractivity contribution < 1.29 is 14.3 Å². The Labute approximate surface area is 189 Å². The average Bonchev–Trinajstić information content (AvgIpc) is 3.50. The summed E-state index contributed by atoms with van der Waals surface area (Å²) in [7, 11) is 1.59. The molecule has 164 valence electrons. The number of carbonyl (C=O) groups excluding carboxylic acids is 2. The van der Waals surface area contributed by atoms with Crippen LogP contribution in [-0.2, 0) is 0 Å². The third kappa shape index (κ3) is 3.38. The Morgan fingerprint density at radius 2 is 2.12 bits per heavy atom. The second-order valence-electron chi connectivity index (χ2n) is 8.17. The Kier molecular flexibility index (Phi) is 5.05. The van der Waals surface area contributed by atoms with Crippen molar-refractivity contribution in [1.82, 2.24) is 24.2 Å². The summed E-state index contributed by atoms with van der Waals surface area (Å²) in [6.07, 6.45) is 4.47. The van der Waals surface area contributed by atoms with Crippen LogP contribution in [0, 0.1) is 12.8 Å². The lowest BCUT2D eigenvalue weighted by molar-refractivity contribution is 0.0787. The minimum Gasteiger partial charge on any atom is -0.455 e. The molecule has 2 amide bonds. The van der Waals surface area contributed by atoms with E-state index in [9.17, 15) is 9.59 Å². The summed E-state index contributed by atoms with van der Waals surface area (Å²) in [5.74, 6) is 1.59. The van der Waals surface area contributed by atoms with Gasteiger partial charge in [0.1, 0.15) is 17.0 Å². The van der Waals surface area contributed by atoms with Gasteiger partial charge in [-0.05, 0) is 48.5 Å². The van der Waals surface area contributed by atoms with Crippen molar-refractivity contribution in [2.24, 2.45) is 5.92 Å². The first-order valence-electron chi connectivity index (χ1n) is 10.5. The number of aryl methyl sites for hydroxylation is 1. The maximum Gasteiger partial charge on any atom is 0.271 e. The van der Waals surface area contributed by atoms with Crippen LogP contribution in [0.3, 0.4) is 0 Å². The van der Waals surface area contributed by atoms with Crippen LogP contribution in [-0.4, -0.2) is 50.8 Å². The molecule has 1 N–H and O–H groups in total. The summed E-state index contributed by atoms with van der Waals surface area (Å²) in [4.78, 5) is 27.0. The number of fused-ring (bicyclic) bond motifs is 2. The normalized spacial score (nSPS) is 16.1. The lowest BCUT2D eigenvalue weighted by Gasteiger charge is -2.15. The second kappa shape index (κ2) is 7.90. The highest BCUT2D eigenvalue weighted by atomic mass is 32.1. The van der Waals surface area contributed by atoms with Crippen LogP contribution in [0.25, 0.3) is 15.6 Å². The van der Waals surface area contributed by atoms with Crippen molar-refractivity contribution in [1.29, 1.82) is 0 Å². The van der Waals surface area contributed by atoms with E-state index in [4.69, 9.17) is 4.74 Å². The third-order valence-corrected chi connectivity index (χ3v) is 6.75. The topological polar surface area (TPSA) is 88.8 Å². The molecule has 5 rings (SSSR count). The Balaban J connectivity index is 1.49. The third-order valence-electron chi connectivity index (χ3n) is 5.94. The molecule has 1 atom stereocenters. The molecule has 0 aliphatic carbocycles. The van der Waals surface area contributed by atoms with Gasteiger partial charge >= 0.3 is 0 Å². The Hall–Kier alpha value is -3.46. The van der Waals surface area contributed by atoms with Gasteiger partial charge in [0.25, 0.3) is 11.8 Å². The standard InChI is InChI=1S/C23H23N5O3S/c1-13-7-9-27(11-13)23(30)17-12-28-21(14(17)2)18(6-8-25-28)31-15-4-5-16-19(10-15)32-26-20(16)22(29)24-3/h4-6,8,10,12-13H,7,9,11H2,1-3H3,(H,24,29). The molecule has 0 bridgehead atoms. The molecule has 1 unspecified atom stereocenters. The zero-order chi connectivity index (χ0) is 22.4. The molecule has 3 aromatic heterocycles. The zero-order valence-corrected chi connectivity index (χ0v) is 18.9. The van der Waals surface area contributed by atoms with Gasteiger partial charge in [-0.1, -0.05) is 6.92 Å². The maximum atomic E-state index is 13.1. The van der Waals surface area contributed by atoms with Gasteiger partial charge < -0.3 is 15.0 Å². The van der Waals surface area contributed by atoms with Crippen molar-refractivity contribution in [2.75, 3.05) is 20.1 Å². The van der Waals surface area contributed by atoms with Crippen molar-refractivity contribution in [3.8, 4) is 11.5 Å². The summed E-state index contributed by atoms with van der Waals surface area (Å²) in [5, 5.41) is 7.78. The molecular formula is C23H23N5O3S. The SMILES string of the molecule is CNC(=O)c1nsc2cc(Oc3ccnn4cc(C(=O)N5CCC(C)C5)c(C)c34)ccc12. The molecule has 0 spiro atoms. The Bertz CT molecular complexity index is 1360. The number of nitrogens with one attached hydrogen (secondary N) is 1. The van der Waals surface area contributed by atoms with E-state index in [-0.39, 0.29) is 11.8 Å². The first-order valence-corrected chi connectivity index (χ1v) is 11.3. The Morgan fingerprint density at radius 3 is 2.88 bits per heavy atom. The average molecular weight is 450 g/mol. The van der Waals surface area contributed by atoms with E-state index in [1.54, 1.807) is 30.0 Å². The monoisotopic (exact) mass is 449 g/mol. The molecule has 1 saturated heterocycles. The number of amides is 2. The van der Waals surface area contributed by atoms with Gasteiger partial charge in [-0.15, -0.1) is 0 Å². The fourth-order valence-corrected chi connectivity index (χ4v) is 5.00. The Morgan fingerprint density at radius 1 is 1.28 bits per heavy atom. The number of likely N-dealkylation sites (tertiary alicyclic amines) is 1. The van der Waals surface area contributed by atoms with Crippen LogP contribution in [0.5, 0.6) is 11.5 Å². The number of rotatable bonds is 4.